The molecule has 22 heavy (non-hydrogen) atoms. The lowest BCUT2D eigenvalue weighted by atomic mass is 10.1. The second kappa shape index (κ2) is 7.07. The van der Waals surface area contributed by atoms with Crippen LogP contribution in [0.15, 0.2) is 41.2 Å². The molecule has 4 nitrogen and oxygen atoms in total. The zero-order chi connectivity index (χ0) is 16.1. The number of aldehydes is 1. The Hall–Kier alpha value is -2.36. The maximum Gasteiger partial charge on any atom is 0.261 e. The van der Waals surface area contributed by atoms with Crippen molar-refractivity contribution in [2.75, 3.05) is 6.61 Å². The molecule has 0 spiro atoms. The standard InChI is InChI=1S/C18H21NO3/c1-4-13(3)19-17(10-9-15(12-20)18(19)21)14-7-6-8-16(11-14)22-5-2/h6-13H,4-5H2,1-3H3. The highest BCUT2D eigenvalue weighted by atomic mass is 16.5. The van der Waals surface area contributed by atoms with Crippen LogP contribution in [-0.2, 0) is 0 Å². The molecule has 0 saturated carbocycles. The third-order valence-electron chi connectivity index (χ3n) is 3.75. The molecule has 1 atom stereocenters. The molecule has 2 rings (SSSR count). The molecule has 2 aromatic rings. The van der Waals surface area contributed by atoms with Crippen LogP contribution in [0, 0.1) is 0 Å². The van der Waals surface area contributed by atoms with Crippen molar-refractivity contribution in [3.8, 4) is 17.0 Å². The summed E-state index contributed by atoms with van der Waals surface area (Å²) in [4.78, 5) is 23.5. The molecule has 0 radical (unpaired) electrons. The fourth-order valence-corrected chi connectivity index (χ4v) is 2.43. The average molecular weight is 299 g/mol. The van der Waals surface area contributed by atoms with E-state index in [1.54, 1.807) is 10.6 Å². The highest BCUT2D eigenvalue weighted by Crippen LogP contribution is 2.26. The van der Waals surface area contributed by atoms with Crippen LogP contribution in [0.1, 0.15) is 43.6 Å². The Labute approximate surface area is 130 Å². The van der Waals surface area contributed by atoms with E-state index in [9.17, 15) is 9.59 Å². The Kier molecular flexibility index (Phi) is 5.15. The minimum absolute atomic E-state index is 0.0122. The summed E-state index contributed by atoms with van der Waals surface area (Å²) >= 11 is 0. The lowest BCUT2D eigenvalue weighted by Gasteiger charge is -2.19. The van der Waals surface area contributed by atoms with Crippen molar-refractivity contribution < 1.29 is 9.53 Å². The van der Waals surface area contributed by atoms with Crippen LogP contribution >= 0.6 is 0 Å². The highest BCUT2D eigenvalue weighted by Gasteiger charge is 2.14. The van der Waals surface area contributed by atoms with Gasteiger partial charge in [-0.25, -0.2) is 0 Å². The number of carbonyl (C=O) groups excluding carboxylic acids is 1. The van der Waals surface area contributed by atoms with E-state index in [1.807, 2.05) is 51.1 Å². The molecule has 1 aromatic carbocycles. The predicted octanol–water partition coefficient (Wildman–Crippen LogP) is 3.70. The van der Waals surface area contributed by atoms with Crippen LogP contribution in [-0.4, -0.2) is 17.5 Å². The molecule has 1 aromatic heterocycles. The summed E-state index contributed by atoms with van der Waals surface area (Å²) in [6.45, 7) is 6.52. The van der Waals surface area contributed by atoms with Crippen molar-refractivity contribution in [2.24, 2.45) is 0 Å². The van der Waals surface area contributed by atoms with Crippen LogP contribution < -0.4 is 10.3 Å². The Balaban J connectivity index is 2.64. The zero-order valence-electron chi connectivity index (χ0n) is 13.2. The predicted molar refractivity (Wildman–Crippen MR) is 87.7 cm³/mol. The summed E-state index contributed by atoms with van der Waals surface area (Å²) in [6.07, 6.45) is 1.42. The van der Waals surface area contributed by atoms with Gasteiger partial charge in [-0.05, 0) is 44.5 Å². The van der Waals surface area contributed by atoms with Gasteiger partial charge in [-0.15, -0.1) is 0 Å². The summed E-state index contributed by atoms with van der Waals surface area (Å²) in [6, 6.07) is 11.1. The third kappa shape index (κ3) is 3.11. The maximum absolute atomic E-state index is 12.5. The molecule has 0 amide bonds. The maximum atomic E-state index is 12.5. The van der Waals surface area contributed by atoms with Gasteiger partial charge < -0.3 is 9.30 Å². The van der Waals surface area contributed by atoms with Gasteiger partial charge in [0.1, 0.15) is 5.75 Å². The number of pyridine rings is 1. The molecule has 0 fully saturated rings. The Morgan fingerprint density at radius 2 is 2.00 bits per heavy atom. The van der Waals surface area contributed by atoms with Crippen LogP contribution in [0.4, 0.5) is 0 Å². The van der Waals surface area contributed by atoms with E-state index in [-0.39, 0.29) is 17.2 Å². The fraction of sp³-hybridized carbons (Fsp3) is 0.333. The number of aromatic nitrogens is 1. The number of hydrogen-bond donors (Lipinski definition) is 0. The first-order valence-corrected chi connectivity index (χ1v) is 7.56. The van der Waals surface area contributed by atoms with Crippen molar-refractivity contribution in [3.05, 3.63) is 52.3 Å². The van der Waals surface area contributed by atoms with Crippen LogP contribution in [0.2, 0.25) is 0 Å². The number of ether oxygens (including phenoxy) is 1. The minimum Gasteiger partial charge on any atom is -0.494 e. The summed E-state index contributed by atoms with van der Waals surface area (Å²) in [5.41, 5.74) is 1.64. The van der Waals surface area contributed by atoms with Gasteiger partial charge in [-0.1, -0.05) is 19.1 Å². The molecule has 4 heteroatoms. The summed E-state index contributed by atoms with van der Waals surface area (Å²) in [5.74, 6) is 0.766. The average Bonchev–Trinajstić information content (AvgIpc) is 2.54. The molecule has 0 aliphatic heterocycles. The molecule has 116 valence electrons. The summed E-state index contributed by atoms with van der Waals surface area (Å²) in [5, 5.41) is 0. The molecule has 0 N–H and O–H groups in total. The molecule has 0 saturated heterocycles. The first-order chi connectivity index (χ1) is 10.6. The molecule has 0 bridgehead atoms. The molecular weight excluding hydrogens is 278 g/mol. The van der Waals surface area contributed by atoms with Crippen molar-refractivity contribution in [2.45, 2.75) is 33.2 Å². The summed E-state index contributed by atoms with van der Waals surface area (Å²) < 4.78 is 7.22. The van der Waals surface area contributed by atoms with Gasteiger partial charge in [-0.2, -0.15) is 0 Å². The van der Waals surface area contributed by atoms with Crippen molar-refractivity contribution in [1.82, 2.24) is 4.57 Å². The smallest absolute Gasteiger partial charge is 0.261 e. The van der Waals surface area contributed by atoms with E-state index in [0.717, 1.165) is 23.4 Å². The Morgan fingerprint density at radius 1 is 1.23 bits per heavy atom. The SMILES string of the molecule is CCOc1cccc(-c2ccc(C=O)c(=O)n2C(C)CC)c1. The fourth-order valence-electron chi connectivity index (χ4n) is 2.43. The molecular formula is C18H21NO3. The lowest BCUT2D eigenvalue weighted by Crippen LogP contribution is -2.27. The second-order valence-electron chi connectivity index (χ2n) is 5.19. The second-order valence-corrected chi connectivity index (χ2v) is 5.19. The molecule has 0 aliphatic carbocycles. The quantitative estimate of drug-likeness (QED) is 0.764. The van der Waals surface area contributed by atoms with E-state index >= 15 is 0 Å². The van der Waals surface area contributed by atoms with Gasteiger partial charge in [0.2, 0.25) is 0 Å². The molecule has 0 aliphatic rings. The largest absolute Gasteiger partial charge is 0.494 e. The minimum atomic E-state index is -0.247. The van der Waals surface area contributed by atoms with Gasteiger partial charge >= 0.3 is 0 Å². The van der Waals surface area contributed by atoms with E-state index in [2.05, 4.69) is 0 Å². The Bertz CT molecular complexity index is 719. The van der Waals surface area contributed by atoms with Gasteiger partial charge in [0.25, 0.3) is 5.56 Å². The van der Waals surface area contributed by atoms with Crippen LogP contribution in [0.3, 0.4) is 0 Å². The molecule has 1 unspecified atom stereocenters. The first kappa shape index (κ1) is 16.0. The van der Waals surface area contributed by atoms with Crippen LogP contribution in [0.5, 0.6) is 5.75 Å². The van der Waals surface area contributed by atoms with Gasteiger partial charge in [0, 0.05) is 11.6 Å². The van der Waals surface area contributed by atoms with E-state index < -0.39 is 0 Å². The van der Waals surface area contributed by atoms with Gasteiger partial charge in [0.05, 0.1) is 17.9 Å². The van der Waals surface area contributed by atoms with Crippen molar-refractivity contribution in [3.63, 3.8) is 0 Å². The highest BCUT2D eigenvalue weighted by molar-refractivity contribution is 5.75. The van der Waals surface area contributed by atoms with E-state index in [0.29, 0.717) is 12.9 Å². The van der Waals surface area contributed by atoms with Crippen LogP contribution in [0.25, 0.3) is 11.3 Å². The van der Waals surface area contributed by atoms with Gasteiger partial charge in [0.15, 0.2) is 6.29 Å². The van der Waals surface area contributed by atoms with Gasteiger partial charge in [-0.3, -0.25) is 9.59 Å². The Morgan fingerprint density at radius 3 is 2.64 bits per heavy atom. The number of nitrogens with zero attached hydrogens (tertiary/aromatic N) is 1. The zero-order valence-corrected chi connectivity index (χ0v) is 13.2. The van der Waals surface area contributed by atoms with Crippen molar-refractivity contribution in [1.29, 1.82) is 0 Å². The topological polar surface area (TPSA) is 48.3 Å². The third-order valence-corrected chi connectivity index (χ3v) is 3.75. The molecule has 1 heterocycles. The summed E-state index contributed by atoms with van der Waals surface area (Å²) in [7, 11) is 0. The normalized spacial score (nSPS) is 12.0. The monoisotopic (exact) mass is 299 g/mol. The first-order valence-electron chi connectivity index (χ1n) is 7.56. The lowest BCUT2D eigenvalue weighted by molar-refractivity contribution is 0.112. The van der Waals surface area contributed by atoms with Crippen molar-refractivity contribution >= 4 is 6.29 Å². The number of hydrogen-bond acceptors (Lipinski definition) is 3. The number of carbonyl (C=O) groups is 1. The number of rotatable bonds is 6. The van der Waals surface area contributed by atoms with E-state index in [4.69, 9.17) is 4.74 Å². The number of benzene rings is 1. The van der Waals surface area contributed by atoms with E-state index in [1.165, 1.54) is 0 Å².